The summed E-state index contributed by atoms with van der Waals surface area (Å²) in [6.45, 7) is 0. The van der Waals surface area contributed by atoms with Crippen molar-refractivity contribution < 1.29 is 14.6 Å². The fraction of sp³-hybridized carbons (Fsp3) is 0.0714. The molecule has 2 N–H and O–H groups in total. The number of phenols is 2. The van der Waals surface area contributed by atoms with Gasteiger partial charge in [0.05, 0.1) is 6.26 Å². The molecule has 0 unspecified atom stereocenters. The summed E-state index contributed by atoms with van der Waals surface area (Å²) in [5.74, 6) is 6.55. The predicted molar refractivity (Wildman–Crippen MR) is 123 cm³/mol. The highest BCUT2D eigenvalue weighted by molar-refractivity contribution is 5.92. The number of furan rings is 1. The van der Waals surface area contributed by atoms with E-state index >= 15 is 0 Å². The van der Waals surface area contributed by atoms with Crippen molar-refractivity contribution in [3.63, 3.8) is 0 Å². The summed E-state index contributed by atoms with van der Waals surface area (Å²) in [7, 11) is 0. The minimum Gasteiger partial charge on any atom is -0.507 e. The normalized spacial score (nSPS) is 10.8. The minimum atomic E-state index is 0.0835. The molecule has 3 heteroatoms. The zero-order valence-corrected chi connectivity index (χ0v) is 16.8. The summed E-state index contributed by atoms with van der Waals surface area (Å²) in [5, 5.41) is 24.0. The number of fused-ring (bicyclic) bond motifs is 2. The van der Waals surface area contributed by atoms with Crippen molar-refractivity contribution in [2.24, 2.45) is 0 Å². The van der Waals surface area contributed by atoms with Gasteiger partial charge in [0.2, 0.25) is 0 Å². The number of benzene rings is 4. The Morgan fingerprint density at radius 2 is 1.65 bits per heavy atom. The lowest BCUT2D eigenvalue weighted by atomic mass is 9.97. The molecule has 0 radical (unpaired) electrons. The summed E-state index contributed by atoms with van der Waals surface area (Å²) >= 11 is 0. The SMILES string of the molecule is Oc1cc2ccc(C#CCc3ccccc3)cc2c(O)c1Cc1ccc2occc2c1. The van der Waals surface area contributed by atoms with Gasteiger partial charge in [-0.3, -0.25) is 0 Å². The number of hydrogen-bond donors (Lipinski definition) is 2. The van der Waals surface area contributed by atoms with Gasteiger partial charge in [-0.05, 0) is 52.9 Å². The lowest BCUT2D eigenvalue weighted by Gasteiger charge is -2.11. The van der Waals surface area contributed by atoms with E-state index in [0.717, 1.165) is 27.5 Å². The van der Waals surface area contributed by atoms with Gasteiger partial charge in [0, 0.05) is 34.7 Å². The summed E-state index contributed by atoms with van der Waals surface area (Å²) in [6.07, 6.45) is 2.74. The first-order chi connectivity index (χ1) is 15.2. The number of rotatable bonds is 3. The molecule has 5 rings (SSSR count). The molecule has 0 atom stereocenters. The molecule has 0 spiro atoms. The summed E-state index contributed by atoms with van der Waals surface area (Å²) in [4.78, 5) is 0. The summed E-state index contributed by atoms with van der Waals surface area (Å²) in [6, 6.07) is 25.2. The van der Waals surface area contributed by atoms with Crippen molar-refractivity contribution in [1.29, 1.82) is 0 Å². The molecule has 0 saturated carbocycles. The molecule has 1 heterocycles. The van der Waals surface area contributed by atoms with Crippen LogP contribution in [0.3, 0.4) is 0 Å². The van der Waals surface area contributed by atoms with E-state index in [1.807, 2.05) is 60.7 Å². The Hall–Kier alpha value is -4.16. The maximum atomic E-state index is 11.0. The van der Waals surface area contributed by atoms with E-state index in [0.29, 0.717) is 23.8 Å². The average Bonchev–Trinajstić information content (AvgIpc) is 3.26. The van der Waals surface area contributed by atoms with Crippen molar-refractivity contribution >= 4 is 21.7 Å². The third-order valence-electron chi connectivity index (χ3n) is 5.46. The highest BCUT2D eigenvalue weighted by Gasteiger charge is 2.14. The van der Waals surface area contributed by atoms with Crippen molar-refractivity contribution in [2.75, 3.05) is 0 Å². The molecule has 0 aliphatic rings. The second-order valence-electron chi connectivity index (χ2n) is 7.59. The average molecular weight is 404 g/mol. The number of hydrogen-bond acceptors (Lipinski definition) is 3. The largest absolute Gasteiger partial charge is 0.507 e. The quantitative estimate of drug-likeness (QED) is 0.353. The van der Waals surface area contributed by atoms with Gasteiger partial charge in [0.1, 0.15) is 17.1 Å². The van der Waals surface area contributed by atoms with E-state index in [-0.39, 0.29) is 11.5 Å². The second-order valence-corrected chi connectivity index (χ2v) is 7.59. The van der Waals surface area contributed by atoms with Crippen LogP contribution in [0, 0.1) is 11.8 Å². The van der Waals surface area contributed by atoms with E-state index in [9.17, 15) is 10.2 Å². The molecule has 150 valence electrons. The smallest absolute Gasteiger partial charge is 0.133 e. The lowest BCUT2D eigenvalue weighted by molar-refractivity contribution is 0.445. The Bertz CT molecular complexity index is 1450. The molecule has 0 bridgehead atoms. The minimum absolute atomic E-state index is 0.0835. The van der Waals surface area contributed by atoms with Crippen LogP contribution in [0.1, 0.15) is 22.3 Å². The highest BCUT2D eigenvalue weighted by atomic mass is 16.3. The first-order valence-electron chi connectivity index (χ1n) is 10.1. The van der Waals surface area contributed by atoms with E-state index in [1.54, 1.807) is 12.3 Å². The predicted octanol–water partition coefficient (Wildman–Crippen LogP) is 6.18. The van der Waals surface area contributed by atoms with Crippen LogP contribution in [0.5, 0.6) is 11.5 Å². The molecule has 0 aliphatic heterocycles. The van der Waals surface area contributed by atoms with E-state index < -0.39 is 0 Å². The molecular weight excluding hydrogens is 384 g/mol. The zero-order valence-electron chi connectivity index (χ0n) is 16.8. The molecule has 0 amide bonds. The van der Waals surface area contributed by atoms with Crippen LogP contribution in [0.4, 0.5) is 0 Å². The Balaban J connectivity index is 1.48. The summed E-state index contributed by atoms with van der Waals surface area (Å²) in [5.41, 5.74) is 4.30. The van der Waals surface area contributed by atoms with Gasteiger partial charge in [-0.2, -0.15) is 0 Å². The highest BCUT2D eigenvalue weighted by Crippen LogP contribution is 2.37. The zero-order chi connectivity index (χ0) is 21.2. The molecule has 0 fully saturated rings. The van der Waals surface area contributed by atoms with Gasteiger partial charge in [0.25, 0.3) is 0 Å². The maximum absolute atomic E-state index is 11.0. The van der Waals surface area contributed by atoms with Crippen LogP contribution >= 0.6 is 0 Å². The van der Waals surface area contributed by atoms with Crippen LogP contribution in [-0.2, 0) is 12.8 Å². The molecule has 0 saturated heterocycles. The number of phenolic OH excluding ortho intramolecular Hbond substituents is 2. The molecule has 31 heavy (non-hydrogen) atoms. The lowest BCUT2D eigenvalue weighted by Crippen LogP contribution is -1.92. The van der Waals surface area contributed by atoms with Gasteiger partial charge in [-0.25, -0.2) is 0 Å². The van der Waals surface area contributed by atoms with E-state index in [1.165, 1.54) is 5.56 Å². The van der Waals surface area contributed by atoms with Crippen LogP contribution in [0.15, 0.2) is 89.5 Å². The van der Waals surface area contributed by atoms with Crippen molar-refractivity contribution in [1.82, 2.24) is 0 Å². The van der Waals surface area contributed by atoms with E-state index in [4.69, 9.17) is 4.42 Å². The number of aromatic hydroxyl groups is 2. The standard InChI is InChI=1S/C28H20O3/c29-26-18-22-11-9-20(8-4-7-19-5-2-1-3-6-19)16-24(22)28(30)25(26)17-21-10-12-27-23(15-21)13-14-31-27/h1-3,5-6,9-16,18,29-30H,7,17H2. The van der Waals surface area contributed by atoms with Crippen molar-refractivity contribution in [3.8, 4) is 23.3 Å². The fourth-order valence-electron chi connectivity index (χ4n) is 3.83. The van der Waals surface area contributed by atoms with Gasteiger partial charge in [-0.15, -0.1) is 0 Å². The molecule has 5 aromatic rings. The first kappa shape index (κ1) is 18.8. The Kier molecular flexibility index (Phi) is 4.82. The van der Waals surface area contributed by atoms with Crippen LogP contribution in [-0.4, -0.2) is 10.2 Å². The van der Waals surface area contributed by atoms with Crippen LogP contribution < -0.4 is 0 Å². The van der Waals surface area contributed by atoms with Crippen LogP contribution in [0.2, 0.25) is 0 Å². The molecular formula is C28H20O3. The molecule has 1 aromatic heterocycles. The molecule has 3 nitrogen and oxygen atoms in total. The molecule has 0 aliphatic carbocycles. The third-order valence-corrected chi connectivity index (χ3v) is 5.46. The van der Waals surface area contributed by atoms with Gasteiger partial charge < -0.3 is 14.6 Å². The van der Waals surface area contributed by atoms with Crippen molar-refractivity contribution in [3.05, 3.63) is 107 Å². The Morgan fingerprint density at radius 3 is 2.52 bits per heavy atom. The topological polar surface area (TPSA) is 53.6 Å². The van der Waals surface area contributed by atoms with Gasteiger partial charge in [0.15, 0.2) is 0 Å². The summed E-state index contributed by atoms with van der Waals surface area (Å²) < 4.78 is 5.39. The Morgan fingerprint density at radius 1 is 0.774 bits per heavy atom. The maximum Gasteiger partial charge on any atom is 0.133 e. The Labute approximate surface area is 180 Å². The first-order valence-corrected chi connectivity index (χ1v) is 10.1. The van der Waals surface area contributed by atoms with Crippen LogP contribution in [0.25, 0.3) is 21.7 Å². The second kappa shape index (κ2) is 7.93. The van der Waals surface area contributed by atoms with E-state index in [2.05, 4.69) is 24.0 Å². The third kappa shape index (κ3) is 3.84. The van der Waals surface area contributed by atoms with Gasteiger partial charge in [-0.1, -0.05) is 54.3 Å². The fourth-order valence-corrected chi connectivity index (χ4v) is 3.83. The molecule has 4 aromatic carbocycles. The monoisotopic (exact) mass is 404 g/mol. The van der Waals surface area contributed by atoms with Crippen molar-refractivity contribution in [2.45, 2.75) is 12.8 Å². The van der Waals surface area contributed by atoms with Gasteiger partial charge >= 0.3 is 0 Å².